The van der Waals surface area contributed by atoms with Gasteiger partial charge in [-0.25, -0.2) is 0 Å². The van der Waals surface area contributed by atoms with Crippen molar-refractivity contribution in [2.24, 2.45) is 0 Å². The minimum atomic E-state index is -1.67. The summed E-state index contributed by atoms with van der Waals surface area (Å²) in [5.41, 5.74) is 0. The Hall–Kier alpha value is -0.343. The third-order valence-electron chi connectivity index (χ3n) is 1.77. The van der Waals surface area contributed by atoms with Crippen LogP contribution in [0.2, 0.25) is 0 Å². The molecule has 0 spiro atoms. The lowest BCUT2D eigenvalue weighted by molar-refractivity contribution is 0.589. The fourth-order valence-corrected chi connectivity index (χ4v) is 2.02. The maximum atomic E-state index is 9.59. The van der Waals surface area contributed by atoms with Crippen LogP contribution in [-0.4, -0.2) is 13.8 Å². The Morgan fingerprint density at radius 2 is 1.40 bits per heavy atom. The number of hydrogen-bond donors (Lipinski definition) is 1. The molecule has 0 aromatic rings. The van der Waals surface area contributed by atoms with Crippen molar-refractivity contribution in [3.63, 3.8) is 0 Å². The van der Waals surface area contributed by atoms with E-state index >= 15 is 0 Å². The summed E-state index contributed by atoms with van der Waals surface area (Å²) in [5, 5.41) is 2.30. The molecule has 0 rings (SSSR count). The van der Waals surface area contributed by atoms with Crippen molar-refractivity contribution in [2.75, 3.05) is 0 Å². The molecule has 58 valence electrons. The van der Waals surface area contributed by atoms with Gasteiger partial charge in [-0.2, -0.15) is 0 Å². The van der Waals surface area contributed by atoms with Crippen LogP contribution in [0.4, 0.5) is 0 Å². The number of allylic oxidation sites excluding steroid dienone is 4. The molecule has 0 saturated carbocycles. The maximum absolute atomic E-state index is 9.59. The maximum Gasteiger partial charge on any atom is 0.226 e. The average molecular weight is 156 g/mol. The molecule has 0 unspecified atom stereocenters. The zero-order valence-electron chi connectivity index (χ0n) is 7.18. The summed E-state index contributed by atoms with van der Waals surface area (Å²) in [6.07, 6.45) is 3.98. The molecule has 1 nitrogen and oxygen atoms in total. The summed E-state index contributed by atoms with van der Waals surface area (Å²) in [6.45, 7) is 7.91. The van der Waals surface area contributed by atoms with Gasteiger partial charge in [-0.3, -0.25) is 0 Å². The molecule has 0 radical (unpaired) electrons. The molecule has 0 saturated heterocycles. The van der Waals surface area contributed by atoms with Crippen molar-refractivity contribution in [3.05, 3.63) is 22.5 Å². The van der Waals surface area contributed by atoms with Crippen LogP contribution < -0.4 is 0 Å². The molecule has 0 aliphatic carbocycles. The predicted molar refractivity (Wildman–Crippen MR) is 48.2 cm³/mol. The van der Waals surface area contributed by atoms with Gasteiger partial charge in [-0.15, -0.1) is 0 Å². The second-order valence-electron chi connectivity index (χ2n) is 2.47. The first kappa shape index (κ1) is 9.66. The second kappa shape index (κ2) is 4.47. The Balaban J connectivity index is 4.22. The van der Waals surface area contributed by atoms with Gasteiger partial charge >= 0.3 is 0 Å². The molecule has 0 aliphatic heterocycles. The van der Waals surface area contributed by atoms with E-state index in [1.165, 1.54) is 0 Å². The summed E-state index contributed by atoms with van der Waals surface area (Å²) in [4.78, 5) is 9.59. The van der Waals surface area contributed by atoms with Crippen LogP contribution in [0.3, 0.4) is 0 Å². The van der Waals surface area contributed by atoms with Gasteiger partial charge in [0.15, 0.2) is 0 Å². The first-order chi connectivity index (χ1) is 4.63. The van der Waals surface area contributed by atoms with Crippen molar-refractivity contribution in [2.45, 2.75) is 27.7 Å². The molecular weight excluding hydrogens is 140 g/mol. The fraction of sp³-hybridized carbons (Fsp3) is 0.500. The summed E-state index contributed by atoms with van der Waals surface area (Å²) in [7, 11) is -1.67. The van der Waals surface area contributed by atoms with Gasteiger partial charge in [0, 0.05) is 0 Å². The van der Waals surface area contributed by atoms with Crippen LogP contribution >= 0.6 is 0 Å². The molecule has 0 aromatic heterocycles. The molecular formula is C8H16OSi. The molecule has 0 fully saturated rings. The largest absolute Gasteiger partial charge is 0.427 e. The van der Waals surface area contributed by atoms with Crippen LogP contribution in [0.1, 0.15) is 27.7 Å². The third-order valence-corrected chi connectivity index (χ3v) is 4.17. The molecule has 1 N–H and O–H groups in total. The van der Waals surface area contributed by atoms with Crippen LogP contribution in [-0.2, 0) is 0 Å². The molecule has 2 heteroatoms. The van der Waals surface area contributed by atoms with E-state index in [9.17, 15) is 4.80 Å². The molecule has 0 heterocycles. The second-order valence-corrected chi connectivity index (χ2v) is 5.09. The van der Waals surface area contributed by atoms with Gasteiger partial charge in [0.05, 0.1) is 0 Å². The highest BCUT2D eigenvalue weighted by Gasteiger charge is 2.08. The molecule has 0 atom stereocenters. The van der Waals surface area contributed by atoms with Gasteiger partial charge in [-0.05, 0) is 27.7 Å². The minimum Gasteiger partial charge on any atom is -0.427 e. The van der Waals surface area contributed by atoms with E-state index < -0.39 is 9.04 Å². The summed E-state index contributed by atoms with van der Waals surface area (Å²) in [6, 6.07) is 0. The van der Waals surface area contributed by atoms with Gasteiger partial charge in [0.2, 0.25) is 9.04 Å². The average Bonchev–Trinajstić information content (AvgIpc) is 2.00. The van der Waals surface area contributed by atoms with Crippen molar-refractivity contribution >= 4 is 9.04 Å². The zero-order chi connectivity index (χ0) is 8.15. The predicted octanol–water partition coefficient (Wildman–Crippen LogP) is 1.71. The summed E-state index contributed by atoms with van der Waals surface area (Å²) in [5.74, 6) is 0. The van der Waals surface area contributed by atoms with E-state index in [1.54, 1.807) is 0 Å². The lowest BCUT2D eigenvalue weighted by atomic mass is 10.6. The Kier molecular flexibility index (Phi) is 4.32. The highest BCUT2D eigenvalue weighted by atomic mass is 28.3. The lowest BCUT2D eigenvalue weighted by Gasteiger charge is -2.07. The van der Waals surface area contributed by atoms with E-state index in [2.05, 4.69) is 0 Å². The van der Waals surface area contributed by atoms with Gasteiger partial charge in [-0.1, -0.05) is 22.5 Å². The smallest absolute Gasteiger partial charge is 0.226 e. The molecule has 0 aromatic carbocycles. The molecule has 0 aliphatic rings. The quantitative estimate of drug-likeness (QED) is 0.603. The van der Waals surface area contributed by atoms with Crippen LogP contribution in [0.25, 0.3) is 0 Å². The van der Waals surface area contributed by atoms with E-state index in [0.717, 1.165) is 10.4 Å². The van der Waals surface area contributed by atoms with Gasteiger partial charge in [0.1, 0.15) is 0 Å². The highest BCUT2D eigenvalue weighted by Crippen LogP contribution is 2.05. The van der Waals surface area contributed by atoms with Crippen molar-refractivity contribution < 1.29 is 4.80 Å². The van der Waals surface area contributed by atoms with Gasteiger partial charge in [0.25, 0.3) is 0 Å². The van der Waals surface area contributed by atoms with Crippen molar-refractivity contribution in [1.29, 1.82) is 0 Å². The number of rotatable bonds is 2. The van der Waals surface area contributed by atoms with Crippen LogP contribution in [0, 0.1) is 0 Å². The van der Waals surface area contributed by atoms with E-state index in [0.29, 0.717) is 0 Å². The zero-order valence-corrected chi connectivity index (χ0v) is 8.33. The fourth-order valence-electron chi connectivity index (χ4n) is 0.675. The third kappa shape index (κ3) is 2.50. The van der Waals surface area contributed by atoms with Gasteiger partial charge < -0.3 is 4.80 Å². The highest BCUT2D eigenvalue weighted by molar-refractivity contribution is 6.66. The first-order valence-corrected chi connectivity index (χ1v) is 5.24. The summed E-state index contributed by atoms with van der Waals surface area (Å²) < 4.78 is 0. The molecule has 10 heavy (non-hydrogen) atoms. The Morgan fingerprint density at radius 3 is 1.60 bits per heavy atom. The number of hydrogen-bond acceptors (Lipinski definition) is 1. The normalized spacial score (nSPS) is 17.3. The van der Waals surface area contributed by atoms with E-state index in [4.69, 9.17) is 0 Å². The molecule has 0 amide bonds. The minimum absolute atomic E-state index is 1.15. The van der Waals surface area contributed by atoms with E-state index in [1.807, 2.05) is 39.8 Å². The van der Waals surface area contributed by atoms with Crippen molar-refractivity contribution in [1.82, 2.24) is 0 Å². The topological polar surface area (TPSA) is 20.2 Å². The summed E-state index contributed by atoms with van der Waals surface area (Å²) >= 11 is 0. The van der Waals surface area contributed by atoms with Crippen molar-refractivity contribution in [3.8, 4) is 0 Å². The Labute approximate surface area is 64.8 Å². The van der Waals surface area contributed by atoms with E-state index in [-0.39, 0.29) is 0 Å². The lowest BCUT2D eigenvalue weighted by Crippen LogP contribution is -2.16. The first-order valence-electron chi connectivity index (χ1n) is 3.57. The Bertz CT molecular complexity index is 141. The standard InChI is InChI=1S/C8H16OSi/c1-5-7(3)10(9)8(4)6-2/h5-6,9-10H,1-4H3. The SMILES string of the molecule is CC=C(C)[SiH](O)C(C)=CC. The Morgan fingerprint density at radius 1 is 1.10 bits per heavy atom. The van der Waals surface area contributed by atoms with Crippen LogP contribution in [0.15, 0.2) is 22.5 Å². The molecule has 0 bridgehead atoms. The monoisotopic (exact) mass is 156 g/mol. The van der Waals surface area contributed by atoms with Crippen LogP contribution in [0.5, 0.6) is 0 Å².